The molecule has 3 nitrogen and oxygen atoms in total. The Balaban J connectivity index is 0.00000208. The van der Waals surface area contributed by atoms with Gasteiger partial charge in [0.1, 0.15) is 0 Å². The van der Waals surface area contributed by atoms with E-state index in [0.717, 1.165) is 31.0 Å². The highest BCUT2D eigenvalue weighted by Crippen LogP contribution is 2.22. The lowest BCUT2D eigenvalue weighted by atomic mass is 10.1. The van der Waals surface area contributed by atoms with Crippen molar-refractivity contribution in [2.45, 2.75) is 23.6 Å². The summed E-state index contributed by atoms with van der Waals surface area (Å²) in [5.74, 6) is 1.06. The Morgan fingerprint density at radius 1 is 1.17 bits per heavy atom. The molecular formula is C19H23ClN2OS. The first-order chi connectivity index (χ1) is 11.2. The van der Waals surface area contributed by atoms with E-state index in [1.54, 1.807) is 0 Å². The minimum Gasteiger partial charge on any atom is -0.333 e. The number of hydrogen-bond donors (Lipinski definition) is 1. The van der Waals surface area contributed by atoms with Gasteiger partial charge in [-0.05, 0) is 36.8 Å². The number of nitrogens with one attached hydrogen (secondary N) is 1. The van der Waals surface area contributed by atoms with Crippen LogP contribution >= 0.6 is 24.2 Å². The Labute approximate surface area is 154 Å². The number of rotatable bonds is 4. The van der Waals surface area contributed by atoms with Crippen LogP contribution in [0.3, 0.4) is 0 Å². The number of piperazine rings is 1. The number of carbonyl (C=O) groups excluding carboxylic acids is 1. The average Bonchev–Trinajstić information content (AvgIpc) is 2.61. The third kappa shape index (κ3) is 4.76. The Morgan fingerprint density at radius 2 is 1.88 bits per heavy atom. The first-order valence-corrected chi connectivity index (χ1v) is 9.01. The monoisotopic (exact) mass is 362 g/mol. The second-order valence-corrected chi connectivity index (χ2v) is 6.90. The zero-order valence-corrected chi connectivity index (χ0v) is 15.4. The molecule has 5 heteroatoms. The molecule has 0 radical (unpaired) electrons. The molecule has 0 bridgehead atoms. The van der Waals surface area contributed by atoms with E-state index < -0.39 is 0 Å². The molecule has 1 amide bonds. The second-order valence-electron chi connectivity index (χ2n) is 5.85. The highest BCUT2D eigenvalue weighted by molar-refractivity contribution is 7.98. The summed E-state index contributed by atoms with van der Waals surface area (Å²) in [6, 6.07) is 18.7. The molecule has 24 heavy (non-hydrogen) atoms. The molecule has 1 aliphatic rings. The Kier molecular flexibility index (Phi) is 7.16. The average molecular weight is 363 g/mol. The molecule has 1 fully saturated rings. The molecule has 1 atom stereocenters. The van der Waals surface area contributed by atoms with Gasteiger partial charge in [0.25, 0.3) is 5.91 Å². The van der Waals surface area contributed by atoms with Gasteiger partial charge in [0.05, 0.1) is 0 Å². The van der Waals surface area contributed by atoms with Crippen molar-refractivity contribution in [3.05, 3.63) is 65.7 Å². The third-order valence-corrected chi connectivity index (χ3v) is 5.19. The number of hydrogen-bond acceptors (Lipinski definition) is 3. The fourth-order valence-corrected chi connectivity index (χ4v) is 3.61. The molecule has 0 spiro atoms. The number of thioether (sulfide) groups is 1. The van der Waals surface area contributed by atoms with Gasteiger partial charge in [-0.2, -0.15) is 0 Å². The van der Waals surface area contributed by atoms with Gasteiger partial charge in [-0.25, -0.2) is 0 Å². The van der Waals surface area contributed by atoms with E-state index in [1.807, 2.05) is 34.9 Å². The summed E-state index contributed by atoms with van der Waals surface area (Å²) in [6.45, 7) is 4.62. The van der Waals surface area contributed by atoms with E-state index in [0.29, 0.717) is 0 Å². The van der Waals surface area contributed by atoms with Crippen molar-refractivity contribution < 1.29 is 4.79 Å². The summed E-state index contributed by atoms with van der Waals surface area (Å²) < 4.78 is 0. The first kappa shape index (κ1) is 18.8. The molecule has 2 aromatic carbocycles. The fraction of sp³-hybridized carbons (Fsp3) is 0.316. The topological polar surface area (TPSA) is 32.3 Å². The maximum absolute atomic E-state index is 12.6. The summed E-state index contributed by atoms with van der Waals surface area (Å²) in [5, 5.41) is 3.32. The van der Waals surface area contributed by atoms with Crippen molar-refractivity contribution in [2.24, 2.45) is 0 Å². The van der Waals surface area contributed by atoms with Gasteiger partial charge in [-0.1, -0.05) is 30.3 Å². The van der Waals surface area contributed by atoms with Gasteiger partial charge in [-0.15, -0.1) is 24.2 Å². The lowest BCUT2D eigenvalue weighted by Crippen LogP contribution is -2.52. The fourth-order valence-electron chi connectivity index (χ4n) is 2.74. The largest absolute Gasteiger partial charge is 0.333 e. The Morgan fingerprint density at radius 3 is 2.54 bits per heavy atom. The number of carbonyl (C=O) groups is 1. The number of amides is 1. The molecule has 0 aliphatic carbocycles. The zero-order chi connectivity index (χ0) is 16.1. The van der Waals surface area contributed by atoms with Gasteiger partial charge in [-0.3, -0.25) is 4.79 Å². The van der Waals surface area contributed by atoms with Crippen LogP contribution in [0.5, 0.6) is 0 Å². The molecule has 1 heterocycles. The molecular weight excluding hydrogens is 340 g/mol. The molecule has 3 rings (SSSR count). The Hall–Kier alpha value is -1.49. The molecule has 2 aromatic rings. The summed E-state index contributed by atoms with van der Waals surface area (Å²) in [5.41, 5.74) is 2.02. The lowest BCUT2D eigenvalue weighted by molar-refractivity contribution is 0.0656. The second kappa shape index (κ2) is 9.11. The van der Waals surface area contributed by atoms with Crippen LogP contribution in [-0.2, 0) is 5.75 Å². The Bertz CT molecular complexity index is 648. The zero-order valence-electron chi connectivity index (χ0n) is 13.8. The highest BCUT2D eigenvalue weighted by atomic mass is 35.5. The SMILES string of the molecule is C[C@@H]1CNCCN1C(=O)c1ccc(CSc2ccccc2)cc1.Cl. The molecule has 0 aromatic heterocycles. The number of halogens is 1. The molecule has 1 aliphatic heterocycles. The molecule has 1 saturated heterocycles. The maximum Gasteiger partial charge on any atom is 0.254 e. The van der Waals surface area contributed by atoms with E-state index in [9.17, 15) is 4.79 Å². The molecule has 128 valence electrons. The van der Waals surface area contributed by atoms with Gasteiger partial charge in [0.2, 0.25) is 0 Å². The van der Waals surface area contributed by atoms with E-state index in [2.05, 4.69) is 48.6 Å². The summed E-state index contributed by atoms with van der Waals surface area (Å²) in [4.78, 5) is 15.8. The lowest BCUT2D eigenvalue weighted by Gasteiger charge is -2.34. The third-order valence-electron chi connectivity index (χ3n) is 4.11. The smallest absolute Gasteiger partial charge is 0.254 e. The first-order valence-electron chi connectivity index (χ1n) is 8.02. The van der Waals surface area contributed by atoms with Crippen molar-refractivity contribution in [1.82, 2.24) is 10.2 Å². The highest BCUT2D eigenvalue weighted by Gasteiger charge is 2.23. The maximum atomic E-state index is 12.6. The minimum atomic E-state index is 0. The van der Waals surface area contributed by atoms with Gasteiger partial charge in [0.15, 0.2) is 0 Å². The van der Waals surface area contributed by atoms with Crippen LogP contribution in [0.25, 0.3) is 0 Å². The van der Waals surface area contributed by atoms with Crippen molar-refractivity contribution in [1.29, 1.82) is 0 Å². The summed E-state index contributed by atoms with van der Waals surface area (Å²) >= 11 is 1.81. The standard InChI is InChI=1S/C19H22N2OS.ClH/c1-15-13-20-11-12-21(15)19(22)17-9-7-16(8-10-17)14-23-18-5-3-2-4-6-18;/h2-10,15,20H,11-14H2,1H3;1H/t15-;/m1./s1. The van der Waals surface area contributed by atoms with Crippen molar-refractivity contribution in [2.75, 3.05) is 19.6 Å². The van der Waals surface area contributed by atoms with E-state index in [-0.39, 0.29) is 24.4 Å². The van der Waals surface area contributed by atoms with E-state index in [1.165, 1.54) is 10.5 Å². The summed E-state index contributed by atoms with van der Waals surface area (Å²) in [6.07, 6.45) is 0. The van der Waals surface area contributed by atoms with Crippen molar-refractivity contribution >= 4 is 30.1 Å². The van der Waals surface area contributed by atoms with Gasteiger partial charge in [0, 0.05) is 41.9 Å². The van der Waals surface area contributed by atoms with Crippen LogP contribution in [0.4, 0.5) is 0 Å². The molecule has 0 unspecified atom stereocenters. The van der Waals surface area contributed by atoms with Crippen molar-refractivity contribution in [3.63, 3.8) is 0 Å². The van der Waals surface area contributed by atoms with Crippen LogP contribution in [0.2, 0.25) is 0 Å². The predicted octanol–water partition coefficient (Wildman–Crippen LogP) is 3.83. The normalized spacial score (nSPS) is 17.2. The number of nitrogens with zero attached hydrogens (tertiary/aromatic N) is 1. The quantitative estimate of drug-likeness (QED) is 0.839. The van der Waals surface area contributed by atoms with Gasteiger partial charge >= 0.3 is 0 Å². The summed E-state index contributed by atoms with van der Waals surface area (Å²) in [7, 11) is 0. The van der Waals surface area contributed by atoms with Gasteiger partial charge < -0.3 is 10.2 Å². The minimum absolute atomic E-state index is 0. The molecule has 0 saturated carbocycles. The predicted molar refractivity (Wildman–Crippen MR) is 103 cm³/mol. The van der Waals surface area contributed by atoms with Crippen LogP contribution < -0.4 is 5.32 Å². The van der Waals surface area contributed by atoms with Crippen LogP contribution in [-0.4, -0.2) is 36.5 Å². The molecule has 1 N–H and O–H groups in total. The van der Waals surface area contributed by atoms with Crippen LogP contribution in [0.1, 0.15) is 22.8 Å². The van der Waals surface area contributed by atoms with Crippen LogP contribution in [0, 0.1) is 0 Å². The van der Waals surface area contributed by atoms with Crippen molar-refractivity contribution in [3.8, 4) is 0 Å². The van der Waals surface area contributed by atoms with E-state index >= 15 is 0 Å². The van der Waals surface area contributed by atoms with Crippen LogP contribution in [0.15, 0.2) is 59.5 Å². The van der Waals surface area contributed by atoms with E-state index in [4.69, 9.17) is 0 Å². The number of benzene rings is 2.